The Morgan fingerprint density at radius 3 is 2.62 bits per heavy atom. The Morgan fingerprint density at radius 1 is 1.06 bits per heavy atom. The van der Waals surface area contributed by atoms with E-state index < -0.39 is 0 Å². The van der Waals surface area contributed by atoms with Gasteiger partial charge in [0, 0.05) is 4.90 Å². The fourth-order valence-corrected chi connectivity index (χ4v) is 1.62. The quantitative estimate of drug-likeness (QED) is 0.797. The summed E-state index contributed by atoms with van der Waals surface area (Å²) in [7, 11) is 0. The molecule has 2 aromatic carbocycles. The molecule has 0 saturated carbocycles. The Morgan fingerprint density at radius 2 is 1.88 bits per heavy atom. The van der Waals surface area contributed by atoms with Crippen molar-refractivity contribution in [1.82, 2.24) is 0 Å². The van der Waals surface area contributed by atoms with Gasteiger partial charge in [0.25, 0.3) is 0 Å². The maximum Gasteiger partial charge on any atom is 0.165 e. The maximum atomic E-state index is 13.2. The Labute approximate surface area is 99.3 Å². The summed E-state index contributed by atoms with van der Waals surface area (Å²) in [4.78, 5) is 0.870. The molecule has 0 aliphatic carbocycles. The summed E-state index contributed by atoms with van der Waals surface area (Å²) in [6.07, 6.45) is 0. The molecule has 3 heteroatoms. The summed E-state index contributed by atoms with van der Waals surface area (Å²) in [6.45, 7) is 0.343. The molecule has 0 spiro atoms. The second-order valence-corrected chi connectivity index (χ2v) is 3.91. The summed E-state index contributed by atoms with van der Waals surface area (Å²) in [5, 5.41) is 0. The Kier molecular flexibility index (Phi) is 3.47. The van der Waals surface area contributed by atoms with Crippen LogP contribution in [0.4, 0.5) is 4.39 Å². The molecule has 2 aromatic rings. The predicted molar refractivity (Wildman–Crippen MR) is 64.4 cm³/mol. The zero-order chi connectivity index (χ0) is 11.4. The van der Waals surface area contributed by atoms with E-state index in [1.165, 1.54) is 6.07 Å². The molecule has 82 valence electrons. The van der Waals surface area contributed by atoms with Crippen molar-refractivity contribution >= 4 is 12.6 Å². The van der Waals surface area contributed by atoms with Crippen LogP contribution in [0.15, 0.2) is 53.4 Å². The maximum absolute atomic E-state index is 13.2. The van der Waals surface area contributed by atoms with E-state index in [0.717, 1.165) is 10.5 Å². The third-order valence-corrected chi connectivity index (χ3v) is 2.42. The predicted octanol–water partition coefficient (Wildman–Crippen LogP) is 3.69. The molecular weight excluding hydrogens is 223 g/mol. The smallest absolute Gasteiger partial charge is 0.165 e. The van der Waals surface area contributed by atoms with Gasteiger partial charge in [-0.25, -0.2) is 4.39 Å². The van der Waals surface area contributed by atoms with Crippen LogP contribution in [0.1, 0.15) is 5.56 Å². The summed E-state index contributed by atoms with van der Waals surface area (Å²) in [5.74, 6) is -0.0726. The van der Waals surface area contributed by atoms with Gasteiger partial charge in [-0.1, -0.05) is 24.3 Å². The average molecular weight is 234 g/mol. The van der Waals surface area contributed by atoms with Crippen molar-refractivity contribution in [3.05, 3.63) is 59.9 Å². The molecule has 0 aliphatic rings. The standard InChI is InChI=1S/C13H11FOS/c14-12-6-1-2-7-13(12)15-9-10-4-3-5-11(16)8-10/h1-8,16H,9H2. The SMILES string of the molecule is Fc1ccccc1OCc1cccc(S)c1. The zero-order valence-corrected chi connectivity index (χ0v) is 9.45. The van der Waals surface area contributed by atoms with Gasteiger partial charge >= 0.3 is 0 Å². The average Bonchev–Trinajstić information content (AvgIpc) is 2.28. The van der Waals surface area contributed by atoms with Gasteiger partial charge in [-0.2, -0.15) is 0 Å². The number of ether oxygens (including phenoxy) is 1. The van der Waals surface area contributed by atoms with Gasteiger partial charge in [0.1, 0.15) is 6.61 Å². The monoisotopic (exact) mass is 234 g/mol. The molecule has 0 N–H and O–H groups in total. The van der Waals surface area contributed by atoms with E-state index in [1.807, 2.05) is 24.3 Å². The number of hydrogen-bond donors (Lipinski definition) is 1. The lowest BCUT2D eigenvalue weighted by molar-refractivity contribution is 0.290. The van der Waals surface area contributed by atoms with Crippen molar-refractivity contribution in [3.8, 4) is 5.75 Å². The second-order valence-electron chi connectivity index (χ2n) is 3.39. The minimum Gasteiger partial charge on any atom is -0.486 e. The molecule has 1 nitrogen and oxygen atoms in total. The number of hydrogen-bond acceptors (Lipinski definition) is 2. The Hall–Kier alpha value is -1.48. The lowest BCUT2D eigenvalue weighted by Crippen LogP contribution is -1.96. The zero-order valence-electron chi connectivity index (χ0n) is 8.56. The molecule has 0 bridgehead atoms. The van der Waals surface area contributed by atoms with Crippen molar-refractivity contribution < 1.29 is 9.13 Å². The molecular formula is C13H11FOS. The van der Waals surface area contributed by atoms with E-state index in [-0.39, 0.29) is 11.6 Å². The van der Waals surface area contributed by atoms with Gasteiger partial charge in [0.05, 0.1) is 0 Å². The highest BCUT2D eigenvalue weighted by molar-refractivity contribution is 7.80. The van der Waals surface area contributed by atoms with E-state index in [1.54, 1.807) is 18.2 Å². The van der Waals surface area contributed by atoms with Crippen LogP contribution in [0.5, 0.6) is 5.75 Å². The number of thiol groups is 1. The lowest BCUT2D eigenvalue weighted by atomic mass is 10.2. The molecule has 0 radical (unpaired) electrons. The van der Waals surface area contributed by atoms with Crippen LogP contribution in [0.3, 0.4) is 0 Å². The van der Waals surface area contributed by atoms with Crippen LogP contribution in [0, 0.1) is 5.82 Å². The third-order valence-electron chi connectivity index (χ3n) is 2.14. The van der Waals surface area contributed by atoms with Crippen LogP contribution >= 0.6 is 12.6 Å². The summed E-state index contributed by atoms with van der Waals surface area (Å²) < 4.78 is 18.6. The van der Waals surface area contributed by atoms with Gasteiger partial charge < -0.3 is 4.74 Å². The highest BCUT2D eigenvalue weighted by Crippen LogP contribution is 2.17. The molecule has 0 amide bonds. The van der Waals surface area contributed by atoms with E-state index in [0.29, 0.717) is 6.61 Å². The minimum atomic E-state index is -0.343. The van der Waals surface area contributed by atoms with Crippen LogP contribution in [0.25, 0.3) is 0 Å². The van der Waals surface area contributed by atoms with E-state index in [2.05, 4.69) is 12.6 Å². The van der Waals surface area contributed by atoms with Crippen molar-refractivity contribution in [2.24, 2.45) is 0 Å². The number of para-hydroxylation sites is 1. The molecule has 0 saturated heterocycles. The number of benzene rings is 2. The van der Waals surface area contributed by atoms with E-state index >= 15 is 0 Å². The van der Waals surface area contributed by atoms with Gasteiger partial charge in [0.15, 0.2) is 11.6 Å². The van der Waals surface area contributed by atoms with Gasteiger partial charge in [-0.15, -0.1) is 12.6 Å². The van der Waals surface area contributed by atoms with Crippen molar-refractivity contribution in [1.29, 1.82) is 0 Å². The molecule has 0 heterocycles. The van der Waals surface area contributed by atoms with Crippen molar-refractivity contribution in [2.75, 3.05) is 0 Å². The lowest BCUT2D eigenvalue weighted by Gasteiger charge is -2.07. The second kappa shape index (κ2) is 5.03. The van der Waals surface area contributed by atoms with E-state index in [4.69, 9.17) is 4.74 Å². The topological polar surface area (TPSA) is 9.23 Å². The first kappa shape index (κ1) is 11.0. The summed E-state index contributed by atoms with van der Waals surface area (Å²) in [5.41, 5.74) is 0.968. The van der Waals surface area contributed by atoms with Gasteiger partial charge in [0.2, 0.25) is 0 Å². The molecule has 0 aromatic heterocycles. The van der Waals surface area contributed by atoms with Crippen LogP contribution in [0.2, 0.25) is 0 Å². The molecule has 0 unspecified atom stereocenters. The van der Waals surface area contributed by atoms with Gasteiger partial charge in [-0.05, 0) is 29.8 Å². The molecule has 0 aliphatic heterocycles. The largest absolute Gasteiger partial charge is 0.486 e. The Bertz CT molecular complexity index is 485. The van der Waals surface area contributed by atoms with Crippen molar-refractivity contribution in [2.45, 2.75) is 11.5 Å². The minimum absolute atomic E-state index is 0.270. The molecule has 0 fully saturated rings. The first-order chi connectivity index (χ1) is 7.75. The third kappa shape index (κ3) is 2.76. The normalized spacial score (nSPS) is 10.1. The van der Waals surface area contributed by atoms with Crippen LogP contribution in [-0.2, 0) is 6.61 Å². The van der Waals surface area contributed by atoms with Gasteiger partial charge in [-0.3, -0.25) is 0 Å². The fraction of sp³-hybridized carbons (Fsp3) is 0.0769. The van der Waals surface area contributed by atoms with Crippen LogP contribution < -0.4 is 4.74 Å². The first-order valence-corrected chi connectivity index (χ1v) is 5.35. The Balaban J connectivity index is 2.05. The number of halogens is 1. The first-order valence-electron chi connectivity index (χ1n) is 4.91. The summed E-state index contributed by atoms with van der Waals surface area (Å²) in [6, 6.07) is 14.0. The molecule has 16 heavy (non-hydrogen) atoms. The molecule has 2 rings (SSSR count). The van der Waals surface area contributed by atoms with E-state index in [9.17, 15) is 4.39 Å². The number of rotatable bonds is 3. The highest BCUT2D eigenvalue weighted by atomic mass is 32.1. The summed E-state index contributed by atoms with van der Waals surface area (Å²) >= 11 is 4.22. The van der Waals surface area contributed by atoms with Crippen LogP contribution in [-0.4, -0.2) is 0 Å². The highest BCUT2D eigenvalue weighted by Gasteiger charge is 2.01. The fourth-order valence-electron chi connectivity index (χ4n) is 1.37. The van der Waals surface area contributed by atoms with Crippen molar-refractivity contribution in [3.63, 3.8) is 0 Å². The molecule has 0 atom stereocenters.